The maximum Gasteiger partial charge on any atom is 0.0767 e. The van der Waals surface area contributed by atoms with Gasteiger partial charge >= 0.3 is 0 Å². The van der Waals surface area contributed by atoms with Gasteiger partial charge in [-0.2, -0.15) is 0 Å². The van der Waals surface area contributed by atoms with E-state index in [-0.39, 0.29) is 6.04 Å². The summed E-state index contributed by atoms with van der Waals surface area (Å²) in [5.41, 5.74) is 6.62. The van der Waals surface area contributed by atoms with E-state index in [0.717, 1.165) is 0 Å². The molecule has 0 amide bonds. The first kappa shape index (κ1) is 18.3. The lowest BCUT2D eigenvalue weighted by Gasteiger charge is -2.27. The topological polar surface area (TPSA) is 12.0 Å². The molecule has 0 aliphatic rings. The molecular formula is C25H29N. The van der Waals surface area contributed by atoms with Gasteiger partial charge in [-0.05, 0) is 34.1 Å². The average Bonchev–Trinajstić information content (AvgIpc) is 2.67. The van der Waals surface area contributed by atoms with E-state index in [1.807, 2.05) is 0 Å². The van der Waals surface area contributed by atoms with E-state index >= 15 is 0 Å². The molecule has 134 valence electrons. The largest absolute Gasteiger partial charge is 0.374 e. The predicted octanol–water partition coefficient (Wildman–Crippen LogP) is 7.13. The zero-order valence-electron chi connectivity index (χ0n) is 16.2. The maximum atomic E-state index is 3.91. The van der Waals surface area contributed by atoms with Gasteiger partial charge in [0.25, 0.3) is 0 Å². The molecule has 3 rings (SSSR count). The molecule has 3 aromatic rings. The number of benzene rings is 3. The van der Waals surface area contributed by atoms with Crippen molar-refractivity contribution in [3.05, 3.63) is 101 Å². The molecule has 1 nitrogen and oxygen atoms in total. The number of nitrogens with one attached hydrogen (secondary N) is 1. The summed E-state index contributed by atoms with van der Waals surface area (Å²) in [5.74, 6) is 0.951. The van der Waals surface area contributed by atoms with Crippen molar-refractivity contribution in [3.63, 3.8) is 0 Å². The number of hydrogen-bond donors (Lipinski definition) is 1. The highest BCUT2D eigenvalue weighted by atomic mass is 14.9. The molecule has 1 N–H and O–H groups in total. The Kier molecular flexibility index (Phi) is 5.78. The summed E-state index contributed by atoms with van der Waals surface area (Å²) in [5, 5.41) is 3.91. The molecule has 0 aliphatic carbocycles. The first-order valence-electron chi connectivity index (χ1n) is 9.57. The molecule has 0 spiro atoms. The van der Waals surface area contributed by atoms with Crippen molar-refractivity contribution in [1.82, 2.24) is 0 Å². The fourth-order valence-corrected chi connectivity index (χ4v) is 3.51. The minimum atomic E-state index is 0.134. The van der Waals surface area contributed by atoms with Gasteiger partial charge in [0.15, 0.2) is 0 Å². The number of hydrogen-bond acceptors (Lipinski definition) is 1. The molecule has 3 aromatic carbocycles. The lowest BCUT2D eigenvalue weighted by molar-refractivity contribution is 0.821. The minimum absolute atomic E-state index is 0.134. The van der Waals surface area contributed by atoms with Crippen LogP contribution < -0.4 is 5.32 Å². The van der Waals surface area contributed by atoms with Crippen molar-refractivity contribution >= 4 is 5.69 Å². The molecule has 0 heterocycles. The van der Waals surface area contributed by atoms with Crippen LogP contribution in [0.15, 0.2) is 78.9 Å². The van der Waals surface area contributed by atoms with Gasteiger partial charge in [0.1, 0.15) is 0 Å². The van der Waals surface area contributed by atoms with Crippen LogP contribution in [0, 0.1) is 0 Å². The van der Waals surface area contributed by atoms with Gasteiger partial charge < -0.3 is 5.32 Å². The van der Waals surface area contributed by atoms with Gasteiger partial charge in [-0.3, -0.25) is 0 Å². The van der Waals surface area contributed by atoms with E-state index in [1.165, 1.54) is 27.9 Å². The second-order valence-electron chi connectivity index (χ2n) is 7.52. The summed E-state index contributed by atoms with van der Waals surface area (Å²) in [6, 6.07) is 28.3. The summed E-state index contributed by atoms with van der Waals surface area (Å²) in [6.07, 6.45) is 0. The van der Waals surface area contributed by atoms with Gasteiger partial charge in [0.2, 0.25) is 0 Å². The second kappa shape index (κ2) is 8.23. The monoisotopic (exact) mass is 343 g/mol. The Morgan fingerprint density at radius 3 is 1.35 bits per heavy atom. The van der Waals surface area contributed by atoms with Gasteiger partial charge in [-0.15, -0.1) is 0 Å². The van der Waals surface area contributed by atoms with E-state index in [2.05, 4.69) is 112 Å². The standard InChI is InChI=1S/C25H29N/c1-18(2)22-16-11-17-23(19(3)4)25(22)26-24(20-12-7-5-8-13-20)21-14-9-6-10-15-21/h5-19,24,26H,1-4H3. The Balaban J connectivity index is 2.11. The summed E-state index contributed by atoms with van der Waals surface area (Å²) in [4.78, 5) is 0. The van der Waals surface area contributed by atoms with Crippen molar-refractivity contribution in [2.45, 2.75) is 45.6 Å². The second-order valence-corrected chi connectivity index (χ2v) is 7.52. The summed E-state index contributed by atoms with van der Waals surface area (Å²) < 4.78 is 0. The van der Waals surface area contributed by atoms with Crippen LogP contribution in [0.4, 0.5) is 5.69 Å². The van der Waals surface area contributed by atoms with E-state index in [0.29, 0.717) is 11.8 Å². The zero-order valence-corrected chi connectivity index (χ0v) is 16.2. The van der Waals surface area contributed by atoms with Gasteiger partial charge in [-0.1, -0.05) is 107 Å². The smallest absolute Gasteiger partial charge is 0.0767 e. The number of rotatable bonds is 6. The molecule has 0 radical (unpaired) electrons. The Labute approximate surface area is 158 Å². The lowest BCUT2D eigenvalue weighted by Crippen LogP contribution is -2.16. The molecule has 0 fully saturated rings. The Hall–Kier alpha value is -2.54. The summed E-state index contributed by atoms with van der Waals surface area (Å²) in [7, 11) is 0. The third kappa shape index (κ3) is 3.99. The Morgan fingerprint density at radius 1 is 0.538 bits per heavy atom. The Morgan fingerprint density at radius 2 is 0.962 bits per heavy atom. The van der Waals surface area contributed by atoms with Crippen LogP contribution in [0.1, 0.15) is 67.8 Å². The molecule has 0 saturated carbocycles. The van der Waals surface area contributed by atoms with Crippen LogP contribution in [0.25, 0.3) is 0 Å². The Bertz CT molecular complexity index is 754. The zero-order chi connectivity index (χ0) is 18.5. The van der Waals surface area contributed by atoms with Crippen molar-refractivity contribution in [3.8, 4) is 0 Å². The fraction of sp³-hybridized carbons (Fsp3) is 0.280. The van der Waals surface area contributed by atoms with E-state index < -0.39 is 0 Å². The van der Waals surface area contributed by atoms with E-state index in [4.69, 9.17) is 0 Å². The molecule has 0 bridgehead atoms. The van der Waals surface area contributed by atoms with E-state index in [1.54, 1.807) is 0 Å². The quantitative estimate of drug-likeness (QED) is 0.502. The molecule has 0 saturated heterocycles. The predicted molar refractivity (Wildman–Crippen MR) is 113 cm³/mol. The highest BCUT2D eigenvalue weighted by Gasteiger charge is 2.19. The molecule has 26 heavy (non-hydrogen) atoms. The molecular weight excluding hydrogens is 314 g/mol. The third-order valence-corrected chi connectivity index (χ3v) is 4.93. The average molecular weight is 344 g/mol. The van der Waals surface area contributed by atoms with Gasteiger partial charge in [0, 0.05) is 5.69 Å². The van der Waals surface area contributed by atoms with E-state index in [9.17, 15) is 0 Å². The minimum Gasteiger partial charge on any atom is -0.374 e. The molecule has 0 unspecified atom stereocenters. The maximum absolute atomic E-state index is 3.91. The van der Waals surface area contributed by atoms with Crippen LogP contribution in [-0.4, -0.2) is 0 Å². The van der Waals surface area contributed by atoms with Crippen LogP contribution in [0.5, 0.6) is 0 Å². The number of anilines is 1. The summed E-state index contributed by atoms with van der Waals surface area (Å²) >= 11 is 0. The van der Waals surface area contributed by atoms with Crippen molar-refractivity contribution in [2.24, 2.45) is 0 Å². The highest BCUT2D eigenvalue weighted by Crippen LogP contribution is 2.36. The molecule has 0 aromatic heterocycles. The van der Waals surface area contributed by atoms with Crippen LogP contribution >= 0.6 is 0 Å². The highest BCUT2D eigenvalue weighted by molar-refractivity contribution is 5.62. The van der Waals surface area contributed by atoms with Crippen molar-refractivity contribution < 1.29 is 0 Å². The summed E-state index contributed by atoms with van der Waals surface area (Å²) in [6.45, 7) is 9.07. The van der Waals surface area contributed by atoms with Gasteiger partial charge in [0.05, 0.1) is 6.04 Å². The van der Waals surface area contributed by atoms with Crippen molar-refractivity contribution in [1.29, 1.82) is 0 Å². The molecule has 0 aliphatic heterocycles. The van der Waals surface area contributed by atoms with Gasteiger partial charge in [-0.25, -0.2) is 0 Å². The number of para-hydroxylation sites is 1. The first-order chi connectivity index (χ1) is 12.6. The molecule has 1 heteroatoms. The van der Waals surface area contributed by atoms with Crippen molar-refractivity contribution in [2.75, 3.05) is 5.32 Å². The van der Waals surface area contributed by atoms with Crippen LogP contribution in [0.3, 0.4) is 0 Å². The third-order valence-electron chi connectivity index (χ3n) is 4.93. The van der Waals surface area contributed by atoms with Crippen LogP contribution in [0.2, 0.25) is 0 Å². The molecule has 0 atom stereocenters. The van der Waals surface area contributed by atoms with Crippen LogP contribution in [-0.2, 0) is 0 Å². The normalized spacial score (nSPS) is 11.3. The fourth-order valence-electron chi connectivity index (χ4n) is 3.51. The first-order valence-corrected chi connectivity index (χ1v) is 9.57. The SMILES string of the molecule is CC(C)c1cccc(C(C)C)c1NC(c1ccccc1)c1ccccc1. The lowest BCUT2D eigenvalue weighted by atomic mass is 9.90.